The number of aromatic nitrogens is 2. The number of nitro benzene ring substituents is 1. The largest absolute Gasteiger partial charge is 0.323 e. The summed E-state index contributed by atoms with van der Waals surface area (Å²) in [6, 6.07) is 2.48. The molecule has 7 nitrogen and oxygen atoms in total. The lowest BCUT2D eigenvalue weighted by molar-refractivity contribution is -0.385. The maximum atomic E-state index is 12.8. The van der Waals surface area contributed by atoms with E-state index >= 15 is 0 Å². The van der Waals surface area contributed by atoms with E-state index in [4.69, 9.17) is 0 Å². The summed E-state index contributed by atoms with van der Waals surface area (Å²) in [5, 5.41) is 17.1. The fourth-order valence-electron chi connectivity index (χ4n) is 1.94. The van der Waals surface area contributed by atoms with E-state index in [2.05, 4.69) is 58.2 Å². The molecule has 0 fully saturated rings. The van der Waals surface area contributed by atoms with Crippen molar-refractivity contribution in [3.05, 3.63) is 47.1 Å². The van der Waals surface area contributed by atoms with E-state index in [0.29, 0.717) is 14.6 Å². The first-order valence-electron chi connectivity index (χ1n) is 6.56. The summed E-state index contributed by atoms with van der Waals surface area (Å²) in [5.41, 5.74) is 0.0639. The number of alkyl halides is 2. The van der Waals surface area contributed by atoms with Crippen LogP contribution in [0.5, 0.6) is 0 Å². The van der Waals surface area contributed by atoms with Crippen LogP contribution in [-0.4, -0.2) is 20.6 Å². The molecule has 0 spiro atoms. The Morgan fingerprint density at radius 2 is 1.92 bits per heavy atom. The van der Waals surface area contributed by atoms with E-state index in [0.717, 1.165) is 4.68 Å². The van der Waals surface area contributed by atoms with Gasteiger partial charge in [0.2, 0.25) is 5.91 Å². The van der Waals surface area contributed by atoms with Crippen molar-refractivity contribution in [2.75, 3.05) is 5.32 Å². The van der Waals surface area contributed by atoms with Gasteiger partial charge in [-0.15, -0.1) is 0 Å². The van der Waals surface area contributed by atoms with Crippen molar-refractivity contribution in [1.29, 1.82) is 0 Å². The zero-order valence-electron chi connectivity index (χ0n) is 12.4. The molecule has 0 saturated heterocycles. The highest BCUT2D eigenvalue weighted by Gasteiger charge is 2.22. The molecule has 1 aromatic heterocycles. The summed E-state index contributed by atoms with van der Waals surface area (Å²) in [4.78, 5) is 22.4. The molecule has 0 saturated carbocycles. The molecule has 2 aromatic rings. The third-order valence-corrected chi connectivity index (χ3v) is 5.39. The Morgan fingerprint density at radius 1 is 1.36 bits per heavy atom. The van der Waals surface area contributed by atoms with Crippen molar-refractivity contribution in [2.45, 2.75) is 19.9 Å². The summed E-state index contributed by atoms with van der Waals surface area (Å²) < 4.78 is 27.6. The number of anilines is 1. The number of nitro groups is 1. The molecular formula is C13H9Br3F2N4O3. The van der Waals surface area contributed by atoms with Gasteiger partial charge in [-0.2, -0.15) is 5.10 Å². The summed E-state index contributed by atoms with van der Waals surface area (Å²) >= 11 is 9.33. The molecule has 0 aliphatic heterocycles. The van der Waals surface area contributed by atoms with E-state index in [-0.39, 0.29) is 22.4 Å². The number of nitrogens with one attached hydrogen (secondary N) is 1. The first-order chi connectivity index (χ1) is 11.6. The Bertz CT molecular complexity index is 834. The molecule has 1 heterocycles. The maximum Gasteiger partial charge on any atom is 0.283 e. The highest BCUT2D eigenvalue weighted by atomic mass is 79.9. The SMILES string of the molecule is Cc1c(Br)c(C(F)F)nn1CC(=O)Nc1c(Br)cc([N+](=O)[O-])cc1Br. The molecule has 1 N–H and O–H groups in total. The number of amides is 1. The summed E-state index contributed by atoms with van der Waals surface area (Å²) in [6.45, 7) is 1.25. The van der Waals surface area contributed by atoms with Crippen LogP contribution in [-0.2, 0) is 11.3 Å². The van der Waals surface area contributed by atoms with Crippen molar-refractivity contribution in [3.8, 4) is 0 Å². The van der Waals surface area contributed by atoms with Gasteiger partial charge in [0, 0.05) is 21.1 Å². The monoisotopic (exact) mass is 544 g/mol. The Labute approximate surface area is 165 Å². The smallest absolute Gasteiger partial charge is 0.283 e. The van der Waals surface area contributed by atoms with E-state index < -0.39 is 22.9 Å². The van der Waals surface area contributed by atoms with Crippen LogP contribution in [0.3, 0.4) is 0 Å². The number of carbonyl (C=O) groups is 1. The third kappa shape index (κ3) is 4.42. The average molecular weight is 547 g/mol. The molecule has 12 heteroatoms. The normalized spacial score (nSPS) is 11.0. The fourth-order valence-corrected chi connectivity index (χ4v) is 3.76. The minimum Gasteiger partial charge on any atom is -0.323 e. The second-order valence-corrected chi connectivity index (χ2v) is 7.33. The molecule has 0 unspecified atom stereocenters. The van der Waals surface area contributed by atoms with Gasteiger partial charge in [0.25, 0.3) is 12.1 Å². The number of nitrogens with zero attached hydrogens (tertiary/aromatic N) is 3. The summed E-state index contributed by atoms with van der Waals surface area (Å²) in [7, 11) is 0. The lowest BCUT2D eigenvalue weighted by Gasteiger charge is -2.10. The number of halogens is 5. The zero-order valence-corrected chi connectivity index (χ0v) is 17.2. The van der Waals surface area contributed by atoms with Crippen LogP contribution in [0.2, 0.25) is 0 Å². The zero-order chi connectivity index (χ0) is 18.9. The average Bonchev–Trinajstić information content (AvgIpc) is 2.79. The molecule has 0 aliphatic rings. The predicted molar refractivity (Wildman–Crippen MR) is 96.7 cm³/mol. The van der Waals surface area contributed by atoms with E-state index in [1.807, 2.05) is 0 Å². The van der Waals surface area contributed by atoms with Crippen LogP contribution < -0.4 is 5.32 Å². The minimum absolute atomic E-state index is 0.146. The van der Waals surface area contributed by atoms with Crippen molar-refractivity contribution < 1.29 is 18.5 Å². The quantitative estimate of drug-likeness (QED) is 0.424. The van der Waals surface area contributed by atoms with Crippen LogP contribution in [0.15, 0.2) is 25.6 Å². The molecule has 2 rings (SSSR count). The third-order valence-electron chi connectivity index (χ3n) is 3.16. The van der Waals surface area contributed by atoms with Gasteiger partial charge in [-0.1, -0.05) is 0 Å². The molecule has 1 aromatic carbocycles. The first kappa shape index (κ1) is 19.9. The Balaban J connectivity index is 2.22. The number of rotatable bonds is 5. The van der Waals surface area contributed by atoms with Gasteiger partial charge in [0.05, 0.1) is 20.8 Å². The second-order valence-electron chi connectivity index (χ2n) is 4.83. The standard InChI is InChI=1S/C13H9Br3F2N4O3/c1-5-10(16)12(13(17)18)20-21(5)4-9(23)19-11-7(14)2-6(22(24)25)3-8(11)15/h2-3,13H,4H2,1H3,(H,19,23). The summed E-state index contributed by atoms with van der Waals surface area (Å²) in [5.74, 6) is -0.533. The Kier molecular flexibility index (Phi) is 6.27. The highest BCUT2D eigenvalue weighted by molar-refractivity contribution is 9.11. The van der Waals surface area contributed by atoms with Gasteiger partial charge in [-0.05, 0) is 54.7 Å². The number of hydrogen-bond acceptors (Lipinski definition) is 4. The topological polar surface area (TPSA) is 90.1 Å². The van der Waals surface area contributed by atoms with Crippen molar-refractivity contribution in [1.82, 2.24) is 9.78 Å². The Hall–Kier alpha value is -1.40. The predicted octanol–water partition coefficient (Wildman–Crippen LogP) is 4.96. The van der Waals surface area contributed by atoms with Crippen LogP contribution in [0.25, 0.3) is 0 Å². The van der Waals surface area contributed by atoms with Crippen LogP contribution >= 0.6 is 47.8 Å². The highest BCUT2D eigenvalue weighted by Crippen LogP contribution is 2.35. The van der Waals surface area contributed by atoms with Gasteiger partial charge in [0.1, 0.15) is 12.2 Å². The van der Waals surface area contributed by atoms with Crippen molar-refractivity contribution in [2.24, 2.45) is 0 Å². The van der Waals surface area contributed by atoms with Crippen LogP contribution in [0, 0.1) is 17.0 Å². The van der Waals surface area contributed by atoms with E-state index in [9.17, 15) is 23.7 Å². The number of carbonyl (C=O) groups excluding carboxylic acids is 1. The van der Waals surface area contributed by atoms with Crippen molar-refractivity contribution >= 4 is 65.1 Å². The lowest BCUT2D eigenvalue weighted by Crippen LogP contribution is -2.21. The number of benzene rings is 1. The minimum atomic E-state index is -2.77. The first-order valence-corrected chi connectivity index (χ1v) is 8.94. The van der Waals surface area contributed by atoms with Gasteiger partial charge in [0.15, 0.2) is 0 Å². The van der Waals surface area contributed by atoms with Crippen LogP contribution in [0.1, 0.15) is 17.8 Å². The molecular weight excluding hydrogens is 538 g/mol. The fraction of sp³-hybridized carbons (Fsp3) is 0.231. The maximum absolute atomic E-state index is 12.8. The van der Waals surface area contributed by atoms with Gasteiger partial charge < -0.3 is 5.32 Å². The molecule has 0 aliphatic carbocycles. The number of hydrogen-bond donors (Lipinski definition) is 1. The van der Waals surface area contributed by atoms with Gasteiger partial charge in [-0.25, -0.2) is 8.78 Å². The molecule has 0 atom stereocenters. The van der Waals surface area contributed by atoms with Crippen LogP contribution in [0.4, 0.5) is 20.2 Å². The molecule has 0 bridgehead atoms. The van der Waals surface area contributed by atoms with Gasteiger partial charge >= 0.3 is 0 Å². The lowest BCUT2D eigenvalue weighted by atomic mass is 10.3. The van der Waals surface area contributed by atoms with Crippen molar-refractivity contribution in [3.63, 3.8) is 0 Å². The van der Waals surface area contributed by atoms with Gasteiger partial charge in [-0.3, -0.25) is 19.6 Å². The summed E-state index contributed by atoms with van der Waals surface area (Å²) in [6.07, 6.45) is -2.77. The second kappa shape index (κ2) is 7.87. The molecule has 0 radical (unpaired) electrons. The molecule has 134 valence electrons. The number of non-ortho nitro benzene ring substituents is 1. The molecule has 25 heavy (non-hydrogen) atoms. The van der Waals surface area contributed by atoms with E-state index in [1.165, 1.54) is 12.1 Å². The molecule has 1 amide bonds. The van der Waals surface area contributed by atoms with E-state index in [1.54, 1.807) is 6.92 Å². The Morgan fingerprint density at radius 3 is 2.36 bits per heavy atom.